The Bertz CT molecular complexity index is 564. The molecular weight excluding hydrogens is 265 g/mol. The molecule has 2 aliphatic carbocycles. The predicted molar refractivity (Wildman–Crippen MR) is 82.8 cm³/mol. The largest absolute Gasteiger partial charge is 0.369 e. The molecule has 4 rings (SSSR count). The van der Waals surface area contributed by atoms with Gasteiger partial charge >= 0.3 is 0 Å². The SMILES string of the molecule is NC1=NCC2(CCCC(C3CC3)C2)N1c1ccc(F)cc1. The highest BCUT2D eigenvalue weighted by molar-refractivity contribution is 5.98. The molecule has 1 heterocycles. The summed E-state index contributed by atoms with van der Waals surface area (Å²) in [6.07, 6.45) is 7.71. The molecule has 0 bridgehead atoms. The molecule has 1 aliphatic heterocycles. The standard InChI is InChI=1S/C17H22FN3/c18-14-5-7-15(8-6-14)21-16(19)20-11-17(21)9-1-2-13(10-17)12-3-4-12/h5-8,12-13H,1-4,9-11H2,(H2,19,20). The molecule has 2 fully saturated rings. The lowest BCUT2D eigenvalue weighted by Crippen LogP contribution is -2.54. The van der Waals surface area contributed by atoms with E-state index < -0.39 is 0 Å². The summed E-state index contributed by atoms with van der Waals surface area (Å²) in [4.78, 5) is 6.72. The van der Waals surface area contributed by atoms with Crippen molar-refractivity contribution in [3.63, 3.8) is 0 Å². The summed E-state index contributed by atoms with van der Waals surface area (Å²) >= 11 is 0. The third kappa shape index (κ3) is 2.21. The molecule has 0 amide bonds. The van der Waals surface area contributed by atoms with E-state index in [0.717, 1.165) is 30.5 Å². The fourth-order valence-electron chi connectivity index (χ4n) is 4.31. The van der Waals surface area contributed by atoms with Crippen LogP contribution in [0.5, 0.6) is 0 Å². The van der Waals surface area contributed by atoms with Gasteiger partial charge in [0, 0.05) is 5.69 Å². The van der Waals surface area contributed by atoms with Gasteiger partial charge in [-0.2, -0.15) is 0 Å². The van der Waals surface area contributed by atoms with Gasteiger partial charge in [0.25, 0.3) is 0 Å². The number of anilines is 1. The van der Waals surface area contributed by atoms with Crippen LogP contribution < -0.4 is 10.6 Å². The van der Waals surface area contributed by atoms with E-state index in [4.69, 9.17) is 5.73 Å². The van der Waals surface area contributed by atoms with Crippen LogP contribution in [0.2, 0.25) is 0 Å². The van der Waals surface area contributed by atoms with Crippen molar-refractivity contribution in [1.29, 1.82) is 0 Å². The molecule has 1 spiro atoms. The molecule has 21 heavy (non-hydrogen) atoms. The Morgan fingerprint density at radius 3 is 2.62 bits per heavy atom. The lowest BCUT2D eigenvalue weighted by atomic mass is 9.73. The van der Waals surface area contributed by atoms with Gasteiger partial charge < -0.3 is 10.6 Å². The Labute approximate surface area is 125 Å². The van der Waals surface area contributed by atoms with Crippen molar-refractivity contribution in [2.45, 2.75) is 44.1 Å². The Morgan fingerprint density at radius 1 is 1.14 bits per heavy atom. The van der Waals surface area contributed by atoms with Gasteiger partial charge in [0.1, 0.15) is 5.82 Å². The van der Waals surface area contributed by atoms with Gasteiger partial charge in [-0.05, 0) is 61.8 Å². The molecule has 0 radical (unpaired) electrons. The van der Waals surface area contributed by atoms with E-state index in [1.165, 1.54) is 44.2 Å². The summed E-state index contributed by atoms with van der Waals surface area (Å²) in [5, 5.41) is 0. The first-order valence-electron chi connectivity index (χ1n) is 8.04. The second-order valence-electron chi connectivity index (χ2n) is 6.90. The summed E-state index contributed by atoms with van der Waals surface area (Å²) in [6, 6.07) is 6.67. The lowest BCUT2D eigenvalue weighted by Gasteiger charge is -2.45. The number of halogens is 1. The van der Waals surface area contributed by atoms with E-state index in [1.807, 2.05) is 12.1 Å². The smallest absolute Gasteiger partial charge is 0.196 e. The normalized spacial score (nSPS) is 32.5. The Balaban J connectivity index is 1.65. The molecule has 112 valence electrons. The van der Waals surface area contributed by atoms with Gasteiger partial charge in [-0.25, -0.2) is 4.39 Å². The summed E-state index contributed by atoms with van der Waals surface area (Å²) < 4.78 is 13.2. The van der Waals surface area contributed by atoms with Crippen LogP contribution in [0.1, 0.15) is 38.5 Å². The minimum Gasteiger partial charge on any atom is -0.369 e. The number of hydrogen-bond acceptors (Lipinski definition) is 3. The number of guanidine groups is 1. The molecule has 2 saturated carbocycles. The number of rotatable bonds is 2. The van der Waals surface area contributed by atoms with Crippen LogP contribution >= 0.6 is 0 Å². The summed E-state index contributed by atoms with van der Waals surface area (Å²) in [6.45, 7) is 0.791. The summed E-state index contributed by atoms with van der Waals surface area (Å²) in [5.74, 6) is 2.14. The zero-order chi connectivity index (χ0) is 14.4. The molecule has 4 heteroatoms. The second kappa shape index (κ2) is 4.72. The molecule has 3 nitrogen and oxygen atoms in total. The van der Waals surface area contributed by atoms with Gasteiger partial charge in [0.15, 0.2) is 5.96 Å². The van der Waals surface area contributed by atoms with Gasteiger partial charge in [-0.15, -0.1) is 0 Å². The van der Waals surface area contributed by atoms with Gasteiger partial charge in [0.05, 0.1) is 12.1 Å². The van der Waals surface area contributed by atoms with Crippen LogP contribution in [0, 0.1) is 17.7 Å². The monoisotopic (exact) mass is 287 g/mol. The zero-order valence-corrected chi connectivity index (χ0v) is 12.3. The Hall–Kier alpha value is -1.58. The number of nitrogens with two attached hydrogens (primary N) is 1. The number of aliphatic imine (C=N–C) groups is 1. The van der Waals surface area contributed by atoms with Crippen LogP contribution in [0.4, 0.5) is 10.1 Å². The minimum absolute atomic E-state index is 0.0351. The predicted octanol–water partition coefficient (Wildman–Crippen LogP) is 3.30. The van der Waals surface area contributed by atoms with E-state index in [2.05, 4.69) is 9.89 Å². The number of nitrogens with zero attached hydrogens (tertiary/aromatic N) is 2. The minimum atomic E-state index is -0.206. The molecule has 0 aromatic heterocycles. The third-order valence-electron chi connectivity index (χ3n) is 5.47. The van der Waals surface area contributed by atoms with E-state index in [1.54, 1.807) is 0 Å². The highest BCUT2D eigenvalue weighted by Gasteiger charge is 2.48. The maximum atomic E-state index is 13.2. The topological polar surface area (TPSA) is 41.6 Å². The first kappa shape index (κ1) is 13.1. The van der Waals surface area contributed by atoms with Gasteiger partial charge in [0.2, 0.25) is 0 Å². The molecule has 0 saturated heterocycles. The highest BCUT2D eigenvalue weighted by Crippen LogP contribution is 2.50. The third-order valence-corrected chi connectivity index (χ3v) is 5.47. The summed E-state index contributed by atoms with van der Waals surface area (Å²) in [5.41, 5.74) is 7.19. The Morgan fingerprint density at radius 2 is 1.90 bits per heavy atom. The summed E-state index contributed by atoms with van der Waals surface area (Å²) in [7, 11) is 0. The zero-order valence-electron chi connectivity index (χ0n) is 12.3. The highest BCUT2D eigenvalue weighted by atomic mass is 19.1. The van der Waals surface area contributed by atoms with E-state index >= 15 is 0 Å². The van der Waals surface area contributed by atoms with Crippen molar-refractivity contribution in [2.75, 3.05) is 11.4 Å². The molecular formula is C17H22FN3. The average molecular weight is 287 g/mol. The van der Waals surface area contributed by atoms with Crippen LogP contribution in [-0.2, 0) is 0 Å². The number of hydrogen-bond donors (Lipinski definition) is 1. The fourth-order valence-corrected chi connectivity index (χ4v) is 4.31. The van der Waals surface area contributed by atoms with E-state index in [-0.39, 0.29) is 11.4 Å². The molecule has 3 aliphatic rings. The molecule has 2 N–H and O–H groups in total. The quantitative estimate of drug-likeness (QED) is 0.906. The van der Waals surface area contributed by atoms with Crippen LogP contribution in [0.25, 0.3) is 0 Å². The maximum Gasteiger partial charge on any atom is 0.196 e. The first-order chi connectivity index (χ1) is 10.2. The second-order valence-corrected chi connectivity index (χ2v) is 6.90. The van der Waals surface area contributed by atoms with Gasteiger partial charge in [-0.1, -0.05) is 12.8 Å². The van der Waals surface area contributed by atoms with Crippen molar-refractivity contribution in [2.24, 2.45) is 22.6 Å². The Kier molecular flexibility index (Phi) is 2.95. The van der Waals surface area contributed by atoms with E-state index in [0.29, 0.717) is 5.96 Å². The van der Waals surface area contributed by atoms with Crippen LogP contribution in [0.15, 0.2) is 29.3 Å². The first-order valence-corrected chi connectivity index (χ1v) is 8.04. The molecule has 2 atom stereocenters. The van der Waals surface area contributed by atoms with Gasteiger partial charge in [-0.3, -0.25) is 4.99 Å². The maximum absolute atomic E-state index is 13.2. The number of benzene rings is 1. The van der Waals surface area contributed by atoms with Crippen molar-refractivity contribution in [3.8, 4) is 0 Å². The van der Waals surface area contributed by atoms with E-state index in [9.17, 15) is 4.39 Å². The molecule has 1 aromatic carbocycles. The van der Waals surface area contributed by atoms with Crippen molar-refractivity contribution < 1.29 is 4.39 Å². The average Bonchev–Trinajstić information content (AvgIpc) is 3.29. The lowest BCUT2D eigenvalue weighted by molar-refractivity contribution is 0.219. The van der Waals surface area contributed by atoms with Crippen LogP contribution in [-0.4, -0.2) is 18.0 Å². The fraction of sp³-hybridized carbons (Fsp3) is 0.588. The molecule has 2 unspecified atom stereocenters. The van der Waals surface area contributed by atoms with Crippen molar-refractivity contribution >= 4 is 11.6 Å². The van der Waals surface area contributed by atoms with Crippen molar-refractivity contribution in [1.82, 2.24) is 0 Å². The van der Waals surface area contributed by atoms with Crippen molar-refractivity contribution in [3.05, 3.63) is 30.1 Å². The van der Waals surface area contributed by atoms with Crippen LogP contribution in [0.3, 0.4) is 0 Å². The molecule has 1 aromatic rings.